The van der Waals surface area contributed by atoms with Crippen molar-refractivity contribution in [2.45, 2.75) is 26.8 Å². The van der Waals surface area contributed by atoms with Crippen molar-refractivity contribution in [1.82, 2.24) is 9.88 Å². The van der Waals surface area contributed by atoms with Crippen LogP contribution in [0, 0.1) is 0 Å². The third-order valence-corrected chi connectivity index (χ3v) is 4.73. The molecular weight excluding hydrogens is 340 g/mol. The molecule has 2 N–H and O–H groups in total. The van der Waals surface area contributed by atoms with Gasteiger partial charge < -0.3 is 20.3 Å². The molecule has 0 saturated carbocycles. The van der Waals surface area contributed by atoms with E-state index in [1.807, 2.05) is 31.2 Å². The standard InChI is InChI=1S/C17H20N4O3S/c1-3-24-14-7-5-4-6-12(14)20-17(23)21-9-8-13-15(10-21)25-16(19-13)18-11(2)22/h4-7H,3,8-10H2,1-2H3,(H,20,23)(H,18,19,22). The van der Waals surface area contributed by atoms with Crippen molar-refractivity contribution in [3.05, 3.63) is 34.8 Å². The predicted octanol–water partition coefficient (Wildman–Crippen LogP) is 3.09. The van der Waals surface area contributed by atoms with E-state index in [9.17, 15) is 9.59 Å². The van der Waals surface area contributed by atoms with Crippen LogP contribution in [0.4, 0.5) is 15.6 Å². The summed E-state index contributed by atoms with van der Waals surface area (Å²) in [6, 6.07) is 7.20. The number of anilines is 2. The number of para-hydroxylation sites is 2. The molecule has 132 valence electrons. The molecule has 1 aliphatic rings. The largest absolute Gasteiger partial charge is 0.492 e. The van der Waals surface area contributed by atoms with E-state index < -0.39 is 0 Å². The smallest absolute Gasteiger partial charge is 0.322 e. The number of amides is 3. The van der Waals surface area contributed by atoms with E-state index in [4.69, 9.17) is 4.74 Å². The maximum Gasteiger partial charge on any atom is 0.322 e. The highest BCUT2D eigenvalue weighted by molar-refractivity contribution is 7.15. The van der Waals surface area contributed by atoms with Gasteiger partial charge in [0, 0.05) is 24.8 Å². The summed E-state index contributed by atoms with van der Waals surface area (Å²) in [6.07, 6.45) is 0.673. The Balaban J connectivity index is 1.68. The zero-order valence-corrected chi connectivity index (χ0v) is 15.0. The summed E-state index contributed by atoms with van der Waals surface area (Å²) in [5, 5.41) is 6.20. The molecule has 25 heavy (non-hydrogen) atoms. The average molecular weight is 360 g/mol. The number of urea groups is 1. The Morgan fingerprint density at radius 3 is 2.88 bits per heavy atom. The van der Waals surface area contributed by atoms with E-state index in [1.54, 1.807) is 4.90 Å². The quantitative estimate of drug-likeness (QED) is 0.878. The van der Waals surface area contributed by atoms with Gasteiger partial charge in [-0.05, 0) is 19.1 Å². The van der Waals surface area contributed by atoms with Crippen molar-refractivity contribution < 1.29 is 14.3 Å². The van der Waals surface area contributed by atoms with Crippen LogP contribution in [-0.2, 0) is 17.8 Å². The van der Waals surface area contributed by atoms with Crippen molar-refractivity contribution in [3.63, 3.8) is 0 Å². The van der Waals surface area contributed by atoms with Gasteiger partial charge in [-0.25, -0.2) is 9.78 Å². The number of aromatic nitrogens is 1. The van der Waals surface area contributed by atoms with Crippen LogP contribution in [-0.4, -0.2) is 35.0 Å². The minimum atomic E-state index is -0.174. The van der Waals surface area contributed by atoms with Gasteiger partial charge in [-0.15, -0.1) is 0 Å². The number of ether oxygens (including phenoxy) is 1. The molecule has 0 saturated heterocycles. The number of hydrogen-bond donors (Lipinski definition) is 2. The molecule has 2 aromatic rings. The first-order valence-electron chi connectivity index (χ1n) is 8.10. The topological polar surface area (TPSA) is 83.6 Å². The van der Waals surface area contributed by atoms with Gasteiger partial charge in [-0.3, -0.25) is 4.79 Å². The normalized spacial score (nSPS) is 13.1. The van der Waals surface area contributed by atoms with Crippen molar-refractivity contribution in [1.29, 1.82) is 0 Å². The Kier molecular flexibility index (Phi) is 5.18. The minimum absolute atomic E-state index is 0.145. The van der Waals surface area contributed by atoms with Crippen molar-refractivity contribution >= 4 is 34.1 Å². The van der Waals surface area contributed by atoms with Gasteiger partial charge in [0.25, 0.3) is 0 Å². The van der Waals surface area contributed by atoms with Gasteiger partial charge >= 0.3 is 6.03 Å². The number of thiazole rings is 1. The molecule has 1 aromatic carbocycles. The van der Waals surface area contributed by atoms with Gasteiger partial charge in [0.2, 0.25) is 5.91 Å². The Bertz CT molecular complexity index is 790. The maximum absolute atomic E-state index is 12.6. The van der Waals surface area contributed by atoms with Gasteiger partial charge in [0.1, 0.15) is 5.75 Å². The van der Waals surface area contributed by atoms with E-state index in [-0.39, 0.29) is 11.9 Å². The molecule has 0 fully saturated rings. The zero-order chi connectivity index (χ0) is 17.8. The van der Waals surface area contributed by atoms with Crippen molar-refractivity contribution in [3.8, 4) is 5.75 Å². The molecule has 1 aliphatic heterocycles. The first kappa shape index (κ1) is 17.2. The molecule has 1 aromatic heterocycles. The van der Waals surface area contributed by atoms with Gasteiger partial charge in [-0.2, -0.15) is 0 Å². The Hall–Kier alpha value is -2.61. The summed E-state index contributed by atoms with van der Waals surface area (Å²) in [5.74, 6) is 0.509. The molecule has 7 nitrogen and oxygen atoms in total. The zero-order valence-electron chi connectivity index (χ0n) is 14.2. The number of nitrogens with one attached hydrogen (secondary N) is 2. The van der Waals surface area contributed by atoms with Crippen LogP contribution in [0.1, 0.15) is 24.4 Å². The summed E-state index contributed by atoms with van der Waals surface area (Å²) >= 11 is 1.41. The van der Waals surface area contributed by atoms with Crippen molar-refractivity contribution in [2.24, 2.45) is 0 Å². The second-order valence-corrected chi connectivity index (χ2v) is 6.68. The maximum atomic E-state index is 12.6. The Morgan fingerprint density at radius 2 is 2.12 bits per heavy atom. The fraction of sp³-hybridized carbons (Fsp3) is 0.353. The lowest BCUT2D eigenvalue weighted by Gasteiger charge is -2.26. The lowest BCUT2D eigenvalue weighted by Crippen LogP contribution is -2.38. The first-order valence-corrected chi connectivity index (χ1v) is 8.92. The minimum Gasteiger partial charge on any atom is -0.492 e. The van der Waals surface area contributed by atoms with E-state index in [0.29, 0.717) is 42.7 Å². The van der Waals surface area contributed by atoms with Crippen LogP contribution in [0.15, 0.2) is 24.3 Å². The Morgan fingerprint density at radius 1 is 1.32 bits per heavy atom. The number of nitrogens with zero attached hydrogens (tertiary/aromatic N) is 2. The van der Waals surface area contributed by atoms with Crippen LogP contribution in [0.2, 0.25) is 0 Å². The van der Waals surface area contributed by atoms with Crippen molar-refractivity contribution in [2.75, 3.05) is 23.8 Å². The highest BCUT2D eigenvalue weighted by Gasteiger charge is 2.25. The second kappa shape index (κ2) is 7.52. The molecule has 0 bridgehead atoms. The number of benzene rings is 1. The van der Waals surface area contributed by atoms with Gasteiger partial charge in [0.05, 0.1) is 24.5 Å². The van der Waals surface area contributed by atoms with Crippen LogP contribution in [0.3, 0.4) is 0 Å². The summed E-state index contributed by atoms with van der Waals surface area (Å²) in [4.78, 5) is 30.9. The summed E-state index contributed by atoms with van der Waals surface area (Å²) in [5.41, 5.74) is 1.61. The predicted molar refractivity (Wildman–Crippen MR) is 97.2 cm³/mol. The lowest BCUT2D eigenvalue weighted by atomic mass is 10.2. The number of carbonyl (C=O) groups is 2. The third kappa shape index (κ3) is 4.08. The fourth-order valence-electron chi connectivity index (χ4n) is 2.62. The highest BCUT2D eigenvalue weighted by Crippen LogP contribution is 2.29. The van der Waals surface area contributed by atoms with Crippen LogP contribution < -0.4 is 15.4 Å². The van der Waals surface area contributed by atoms with E-state index >= 15 is 0 Å². The number of rotatable bonds is 4. The molecule has 0 atom stereocenters. The van der Waals surface area contributed by atoms with Crippen LogP contribution in [0.25, 0.3) is 0 Å². The third-order valence-electron chi connectivity index (χ3n) is 3.73. The Labute approximate surface area is 150 Å². The summed E-state index contributed by atoms with van der Waals surface area (Å²) in [7, 11) is 0. The van der Waals surface area contributed by atoms with Crippen LogP contribution >= 0.6 is 11.3 Å². The fourth-order valence-corrected chi connectivity index (χ4v) is 3.69. The molecular formula is C17H20N4O3S. The second-order valence-electron chi connectivity index (χ2n) is 5.60. The summed E-state index contributed by atoms with van der Waals surface area (Å²) < 4.78 is 5.54. The highest BCUT2D eigenvalue weighted by atomic mass is 32.1. The van der Waals surface area contributed by atoms with Gasteiger partial charge in [0.15, 0.2) is 5.13 Å². The number of carbonyl (C=O) groups excluding carboxylic acids is 2. The SMILES string of the molecule is CCOc1ccccc1NC(=O)N1CCc2nc(NC(C)=O)sc2C1. The molecule has 0 radical (unpaired) electrons. The lowest BCUT2D eigenvalue weighted by molar-refractivity contribution is -0.114. The first-order chi connectivity index (χ1) is 12.1. The molecule has 0 spiro atoms. The molecule has 0 unspecified atom stereocenters. The van der Waals surface area contributed by atoms with E-state index in [2.05, 4.69) is 15.6 Å². The number of hydrogen-bond acceptors (Lipinski definition) is 5. The molecule has 3 amide bonds. The van der Waals surface area contributed by atoms with E-state index in [1.165, 1.54) is 18.3 Å². The molecule has 8 heteroatoms. The molecule has 2 heterocycles. The monoisotopic (exact) mass is 360 g/mol. The summed E-state index contributed by atoms with van der Waals surface area (Å²) in [6.45, 7) is 4.96. The van der Waals surface area contributed by atoms with E-state index in [0.717, 1.165) is 10.6 Å². The number of fused-ring (bicyclic) bond motifs is 1. The molecule has 0 aliphatic carbocycles. The van der Waals surface area contributed by atoms with Gasteiger partial charge in [-0.1, -0.05) is 23.5 Å². The van der Waals surface area contributed by atoms with Crippen LogP contribution in [0.5, 0.6) is 5.75 Å². The molecule has 3 rings (SSSR count). The average Bonchev–Trinajstić information content (AvgIpc) is 2.97.